The number of aryl methyl sites for hydroxylation is 3. The second-order valence-electron chi connectivity index (χ2n) is 18.8. The van der Waals surface area contributed by atoms with Crippen LogP contribution in [0.5, 0.6) is 5.75 Å². The van der Waals surface area contributed by atoms with Crippen LogP contribution in [0.1, 0.15) is 115 Å². The van der Waals surface area contributed by atoms with Gasteiger partial charge in [-0.3, -0.25) is 14.4 Å². The Bertz CT molecular complexity index is 2410. The van der Waals surface area contributed by atoms with Crippen LogP contribution in [0.15, 0.2) is 121 Å². The number of methoxy groups -OCH3 is 1. The van der Waals surface area contributed by atoms with E-state index in [1.54, 1.807) is 43.6 Å². The second-order valence-corrected chi connectivity index (χ2v) is 18.8. The minimum Gasteiger partial charge on any atom is -0.496 e. The van der Waals surface area contributed by atoms with Crippen LogP contribution < -0.4 is 4.74 Å². The minimum absolute atomic E-state index is 0.0320. The van der Waals surface area contributed by atoms with Crippen LogP contribution in [0.3, 0.4) is 0 Å². The van der Waals surface area contributed by atoms with Crippen molar-refractivity contribution >= 4 is 54.0 Å². The van der Waals surface area contributed by atoms with Crippen molar-refractivity contribution in [3.05, 3.63) is 155 Å². The summed E-state index contributed by atoms with van der Waals surface area (Å²) in [6.07, 6.45) is 21.8. The van der Waals surface area contributed by atoms with Crippen molar-refractivity contribution in [3.8, 4) is 5.75 Å². The average Bonchev–Trinajstić information content (AvgIpc) is 3.37. The molecule has 0 amide bonds. The first-order valence-electron chi connectivity index (χ1n) is 24.8. The summed E-state index contributed by atoms with van der Waals surface area (Å²) in [7, 11) is 1.62. The van der Waals surface area contributed by atoms with E-state index in [0.717, 1.165) is 28.0 Å². The van der Waals surface area contributed by atoms with E-state index < -0.39 is 34.2 Å². The summed E-state index contributed by atoms with van der Waals surface area (Å²) in [4.78, 5) is 69.9. The molecular formula is C61H80O13. The highest BCUT2D eigenvalue weighted by molar-refractivity contribution is 5.84. The first-order valence-corrected chi connectivity index (χ1v) is 24.8. The molecule has 0 aliphatic rings. The van der Waals surface area contributed by atoms with E-state index in [9.17, 15) is 28.8 Å². The van der Waals surface area contributed by atoms with Gasteiger partial charge in [0.2, 0.25) is 0 Å². The zero-order valence-corrected chi connectivity index (χ0v) is 46.0. The van der Waals surface area contributed by atoms with E-state index in [1.165, 1.54) is 29.4 Å². The van der Waals surface area contributed by atoms with Gasteiger partial charge in [0.25, 0.3) is 0 Å². The zero-order valence-electron chi connectivity index (χ0n) is 46.0. The van der Waals surface area contributed by atoms with Crippen molar-refractivity contribution in [2.45, 2.75) is 102 Å². The molecule has 0 spiro atoms. The Balaban J connectivity index is 0.000000556. The van der Waals surface area contributed by atoms with E-state index in [2.05, 4.69) is 6.07 Å². The monoisotopic (exact) mass is 1020 g/mol. The minimum atomic E-state index is -0.522. The Morgan fingerprint density at radius 3 is 1.18 bits per heavy atom. The number of rotatable bonds is 25. The van der Waals surface area contributed by atoms with Crippen LogP contribution >= 0.6 is 0 Å². The van der Waals surface area contributed by atoms with Crippen molar-refractivity contribution in [1.82, 2.24) is 0 Å². The van der Waals surface area contributed by atoms with Gasteiger partial charge >= 0.3 is 35.8 Å². The number of allylic oxidation sites excluding steroid dienone is 6. The van der Waals surface area contributed by atoms with Gasteiger partial charge in [0.05, 0.1) is 23.4 Å². The molecule has 0 heterocycles. The zero-order chi connectivity index (χ0) is 55.6. The molecular weight excluding hydrogens is 941 g/mol. The van der Waals surface area contributed by atoms with Gasteiger partial charge in [-0.15, -0.1) is 0 Å². The van der Waals surface area contributed by atoms with Gasteiger partial charge in [-0.1, -0.05) is 147 Å². The lowest BCUT2D eigenvalue weighted by Crippen LogP contribution is -2.27. The standard InChI is InChI=1S/C21H28O5.2C20H26O4/c1-6-21(3,4)20(23)26-14-13-25-19(22)10-8-7-9-17-12-11-16(2)15-18(17)24-5;1-5-20(3,4)19(22)24-14-13-23-18(21)12-7-6-10-17-11-8-9-16(2)15-17;1-5-20(3,4)19(22)24-15-14-23-18(21)9-7-6-8-17-12-10-16(2)11-13-17/h7-12,15H,6,13-14H2,1-5H3;6-12,15H,5,13-14H2,1-4H3;6-13H,5,14-15H2,1-4H3/b9-7+,10-8+;10-6+,12-7+;8-6+,9-7+. The fraction of sp³-hybridized carbons (Fsp3) is 0.410. The maximum Gasteiger partial charge on any atom is 0.330 e. The lowest BCUT2D eigenvalue weighted by atomic mass is 9.91. The number of hydrogen-bond acceptors (Lipinski definition) is 13. The maximum absolute atomic E-state index is 11.8. The molecule has 0 aliphatic heterocycles. The lowest BCUT2D eigenvalue weighted by Gasteiger charge is -2.20. The summed E-state index contributed by atoms with van der Waals surface area (Å²) in [5.74, 6) is -1.49. The highest BCUT2D eigenvalue weighted by atomic mass is 16.6. The summed E-state index contributed by atoms with van der Waals surface area (Å²) in [6, 6.07) is 22.0. The van der Waals surface area contributed by atoms with Crippen LogP contribution in [-0.4, -0.2) is 82.6 Å². The molecule has 0 aliphatic carbocycles. The Labute approximate surface area is 440 Å². The molecule has 13 nitrogen and oxygen atoms in total. The Hall–Kier alpha value is -7.28. The smallest absolute Gasteiger partial charge is 0.330 e. The summed E-state index contributed by atoms with van der Waals surface area (Å²) in [5, 5.41) is 0. The van der Waals surface area contributed by atoms with E-state index in [-0.39, 0.29) is 57.5 Å². The van der Waals surface area contributed by atoms with Crippen molar-refractivity contribution in [1.29, 1.82) is 0 Å². The van der Waals surface area contributed by atoms with Crippen LogP contribution in [0.2, 0.25) is 0 Å². The third-order valence-corrected chi connectivity index (χ3v) is 11.4. The molecule has 402 valence electrons. The largest absolute Gasteiger partial charge is 0.496 e. The van der Waals surface area contributed by atoms with Gasteiger partial charge in [-0.25, -0.2) is 14.4 Å². The predicted molar refractivity (Wildman–Crippen MR) is 293 cm³/mol. The Morgan fingerprint density at radius 2 is 0.784 bits per heavy atom. The molecule has 3 aromatic carbocycles. The van der Waals surface area contributed by atoms with E-state index in [4.69, 9.17) is 33.2 Å². The van der Waals surface area contributed by atoms with Crippen LogP contribution in [0.25, 0.3) is 18.2 Å². The summed E-state index contributed by atoms with van der Waals surface area (Å²) < 4.78 is 35.5. The SMILES string of the molecule is CCC(C)(C)C(=O)OCCOC(=O)/C=C/C=C/c1ccc(C)cc1.CCC(C)(C)C(=O)OCCOC(=O)/C=C/C=C/c1ccc(C)cc1OC.CCC(C)(C)C(=O)OCCOC(=O)/C=C/C=C/c1cccc(C)c1. The van der Waals surface area contributed by atoms with Gasteiger partial charge in [0.15, 0.2) is 0 Å². The van der Waals surface area contributed by atoms with Crippen molar-refractivity contribution < 1.29 is 61.9 Å². The van der Waals surface area contributed by atoms with Crippen molar-refractivity contribution in [2.24, 2.45) is 16.2 Å². The topological polar surface area (TPSA) is 167 Å². The first kappa shape index (κ1) is 64.7. The van der Waals surface area contributed by atoms with Crippen molar-refractivity contribution in [3.63, 3.8) is 0 Å². The van der Waals surface area contributed by atoms with E-state index >= 15 is 0 Å². The molecule has 0 radical (unpaired) electrons. The highest BCUT2D eigenvalue weighted by Crippen LogP contribution is 2.24. The average molecular weight is 1020 g/mol. The molecule has 74 heavy (non-hydrogen) atoms. The van der Waals surface area contributed by atoms with Gasteiger partial charge in [-0.2, -0.15) is 0 Å². The molecule has 3 aromatic rings. The van der Waals surface area contributed by atoms with Crippen molar-refractivity contribution in [2.75, 3.05) is 46.8 Å². The second kappa shape index (κ2) is 35.0. The van der Waals surface area contributed by atoms with Crippen LogP contribution in [0, 0.1) is 37.0 Å². The number of benzene rings is 3. The fourth-order valence-corrected chi connectivity index (χ4v) is 5.30. The molecule has 0 N–H and O–H groups in total. The van der Waals surface area contributed by atoms with Gasteiger partial charge in [0.1, 0.15) is 45.4 Å². The number of carbonyl (C=O) groups is 6. The third-order valence-electron chi connectivity index (χ3n) is 11.4. The normalized spacial score (nSPS) is 11.8. The lowest BCUT2D eigenvalue weighted by molar-refractivity contribution is -0.158. The van der Waals surface area contributed by atoms with Crippen LogP contribution in [0.4, 0.5) is 0 Å². The molecule has 13 heteroatoms. The molecule has 3 rings (SSSR count). The molecule has 0 atom stereocenters. The first-order chi connectivity index (χ1) is 35.0. The third kappa shape index (κ3) is 28.1. The maximum atomic E-state index is 11.8. The molecule has 0 unspecified atom stereocenters. The van der Waals surface area contributed by atoms with Gasteiger partial charge in [-0.05, 0) is 104 Å². The fourth-order valence-electron chi connectivity index (χ4n) is 5.30. The number of carbonyl (C=O) groups excluding carboxylic acids is 6. The van der Waals surface area contributed by atoms with E-state index in [1.807, 2.05) is 162 Å². The highest BCUT2D eigenvalue weighted by Gasteiger charge is 2.28. The number of hydrogen-bond donors (Lipinski definition) is 0. The Morgan fingerprint density at radius 1 is 0.419 bits per heavy atom. The Kier molecular flexibility index (Phi) is 30.6. The predicted octanol–water partition coefficient (Wildman–Crippen LogP) is 12.3. The van der Waals surface area contributed by atoms with Gasteiger partial charge in [0, 0.05) is 23.8 Å². The summed E-state index contributed by atoms with van der Waals surface area (Å²) >= 11 is 0. The summed E-state index contributed by atoms with van der Waals surface area (Å²) in [6.45, 7) is 23.1. The molecule has 0 bridgehead atoms. The molecule has 0 saturated heterocycles. The van der Waals surface area contributed by atoms with Gasteiger partial charge < -0.3 is 33.2 Å². The summed E-state index contributed by atoms with van der Waals surface area (Å²) in [5.41, 5.74) is 5.00. The quantitative estimate of drug-likeness (QED) is 0.0259. The molecule has 0 aromatic heterocycles. The van der Waals surface area contributed by atoms with E-state index in [0.29, 0.717) is 19.3 Å². The molecule has 0 saturated carbocycles. The number of esters is 6. The number of ether oxygens (including phenoxy) is 7. The van der Waals surface area contributed by atoms with Crippen LogP contribution in [-0.2, 0) is 57.2 Å². The molecule has 0 fully saturated rings.